The number of fused-ring (bicyclic) bond motifs is 1. The van der Waals surface area contributed by atoms with E-state index in [0.29, 0.717) is 17.6 Å². The molecule has 0 fully saturated rings. The lowest BCUT2D eigenvalue weighted by molar-refractivity contribution is 0.0952. The van der Waals surface area contributed by atoms with E-state index in [-0.39, 0.29) is 11.3 Å². The summed E-state index contributed by atoms with van der Waals surface area (Å²) in [7, 11) is 0. The molecule has 6 nitrogen and oxygen atoms in total. The lowest BCUT2D eigenvalue weighted by atomic mass is 10.1. The van der Waals surface area contributed by atoms with Crippen LogP contribution in [0.4, 0.5) is 0 Å². The number of hydrogen-bond acceptors (Lipinski definition) is 5. The molecule has 1 amide bonds. The minimum atomic E-state index is -0.498. The predicted octanol–water partition coefficient (Wildman–Crippen LogP) is 3.61. The Bertz CT molecular complexity index is 926. The lowest BCUT2D eigenvalue weighted by Crippen LogP contribution is -2.17. The molecule has 3 aromatic rings. The Morgan fingerprint density at radius 3 is 2.76 bits per heavy atom. The molecular formula is C19H18N2O4. The van der Waals surface area contributed by atoms with E-state index in [1.165, 1.54) is 18.5 Å². The molecule has 0 unspecified atom stereocenters. The van der Waals surface area contributed by atoms with Crippen molar-refractivity contribution in [2.75, 3.05) is 6.61 Å². The van der Waals surface area contributed by atoms with E-state index in [4.69, 9.17) is 9.15 Å². The van der Waals surface area contributed by atoms with Crippen molar-refractivity contribution in [1.29, 1.82) is 0 Å². The maximum Gasteiger partial charge on any atom is 0.275 e. The number of ether oxygens (including phenoxy) is 1. The minimum absolute atomic E-state index is 0.113. The van der Waals surface area contributed by atoms with Crippen molar-refractivity contribution in [2.24, 2.45) is 5.10 Å². The van der Waals surface area contributed by atoms with Crippen LogP contribution in [0, 0.1) is 6.92 Å². The van der Waals surface area contributed by atoms with E-state index >= 15 is 0 Å². The number of rotatable bonds is 5. The van der Waals surface area contributed by atoms with Crippen LogP contribution in [-0.2, 0) is 0 Å². The van der Waals surface area contributed by atoms with Gasteiger partial charge in [0.2, 0.25) is 0 Å². The number of hydrazone groups is 1. The van der Waals surface area contributed by atoms with Crippen LogP contribution in [0.3, 0.4) is 0 Å². The summed E-state index contributed by atoms with van der Waals surface area (Å²) in [4.78, 5) is 12.2. The molecule has 0 spiro atoms. The van der Waals surface area contributed by atoms with Gasteiger partial charge in [-0.05, 0) is 61.4 Å². The fourth-order valence-corrected chi connectivity index (χ4v) is 2.49. The van der Waals surface area contributed by atoms with Gasteiger partial charge in [-0.3, -0.25) is 4.79 Å². The molecular weight excluding hydrogens is 320 g/mol. The quantitative estimate of drug-likeness (QED) is 0.550. The van der Waals surface area contributed by atoms with E-state index in [1.54, 1.807) is 13.0 Å². The van der Waals surface area contributed by atoms with E-state index in [9.17, 15) is 9.90 Å². The van der Waals surface area contributed by atoms with Crippen molar-refractivity contribution < 1.29 is 19.1 Å². The van der Waals surface area contributed by atoms with E-state index in [2.05, 4.69) is 10.5 Å². The van der Waals surface area contributed by atoms with Crippen LogP contribution in [-0.4, -0.2) is 23.8 Å². The first-order valence-electron chi connectivity index (χ1n) is 7.86. The van der Waals surface area contributed by atoms with Crippen LogP contribution in [0.2, 0.25) is 0 Å². The zero-order valence-corrected chi connectivity index (χ0v) is 13.9. The molecule has 0 aliphatic rings. The third kappa shape index (κ3) is 3.47. The molecule has 0 saturated heterocycles. The number of nitrogens with one attached hydrogen (secondary N) is 1. The van der Waals surface area contributed by atoms with E-state index in [0.717, 1.165) is 16.9 Å². The molecule has 2 aromatic carbocycles. The average Bonchev–Trinajstić information content (AvgIpc) is 2.99. The predicted molar refractivity (Wildman–Crippen MR) is 95.3 cm³/mol. The number of amides is 1. The van der Waals surface area contributed by atoms with Crippen molar-refractivity contribution in [3.63, 3.8) is 0 Å². The zero-order valence-electron chi connectivity index (χ0n) is 13.9. The van der Waals surface area contributed by atoms with Gasteiger partial charge in [-0.2, -0.15) is 5.10 Å². The van der Waals surface area contributed by atoms with Gasteiger partial charge in [-0.1, -0.05) is 0 Å². The molecule has 0 saturated carbocycles. The van der Waals surface area contributed by atoms with Gasteiger partial charge in [-0.15, -0.1) is 0 Å². The summed E-state index contributed by atoms with van der Waals surface area (Å²) in [6.07, 6.45) is 3.06. The zero-order chi connectivity index (χ0) is 17.8. The summed E-state index contributed by atoms with van der Waals surface area (Å²) in [5.41, 5.74) is 4.66. The molecule has 0 bridgehead atoms. The van der Waals surface area contributed by atoms with Gasteiger partial charge < -0.3 is 14.3 Å². The second kappa shape index (κ2) is 7.09. The Morgan fingerprint density at radius 1 is 1.28 bits per heavy atom. The normalized spacial score (nSPS) is 11.1. The summed E-state index contributed by atoms with van der Waals surface area (Å²) < 4.78 is 10.7. The Hall–Kier alpha value is -3.28. The average molecular weight is 338 g/mol. The molecule has 0 radical (unpaired) electrons. The molecule has 25 heavy (non-hydrogen) atoms. The number of aromatic hydroxyl groups is 1. The standard InChI is InChI=1S/C19H18N2O4/c1-3-24-14-6-4-13(5-7-14)10-20-21-19(23)15-8-9-16-17(18(15)22)12(2)11-25-16/h4-11,22H,3H2,1-2H3,(H,21,23). The third-order valence-electron chi connectivity index (χ3n) is 3.71. The molecule has 1 heterocycles. The molecule has 0 atom stereocenters. The highest BCUT2D eigenvalue weighted by Gasteiger charge is 2.16. The van der Waals surface area contributed by atoms with Gasteiger partial charge >= 0.3 is 0 Å². The van der Waals surface area contributed by atoms with Gasteiger partial charge in [0, 0.05) is 0 Å². The summed E-state index contributed by atoms with van der Waals surface area (Å²) >= 11 is 0. The Labute approximate surface area is 144 Å². The molecule has 2 N–H and O–H groups in total. The molecule has 3 rings (SSSR count). The lowest BCUT2D eigenvalue weighted by Gasteiger charge is -2.04. The SMILES string of the molecule is CCOc1ccc(C=NNC(=O)c2ccc3occ(C)c3c2O)cc1. The highest BCUT2D eigenvalue weighted by atomic mass is 16.5. The molecule has 0 aliphatic heterocycles. The number of carbonyl (C=O) groups is 1. The first kappa shape index (κ1) is 16.6. The summed E-state index contributed by atoms with van der Waals surface area (Å²) in [6.45, 7) is 4.33. The Morgan fingerprint density at radius 2 is 2.04 bits per heavy atom. The number of phenolic OH excluding ortho intramolecular Hbond substituents is 1. The number of nitrogens with zero attached hydrogens (tertiary/aromatic N) is 1. The maximum absolute atomic E-state index is 12.2. The second-order valence-electron chi connectivity index (χ2n) is 5.45. The van der Waals surface area contributed by atoms with Gasteiger partial charge in [0.15, 0.2) is 0 Å². The largest absolute Gasteiger partial charge is 0.506 e. The number of hydrogen-bond donors (Lipinski definition) is 2. The third-order valence-corrected chi connectivity index (χ3v) is 3.71. The van der Waals surface area contributed by atoms with Crippen LogP contribution in [0.1, 0.15) is 28.4 Å². The molecule has 1 aromatic heterocycles. The first-order chi connectivity index (χ1) is 12.1. The number of furan rings is 1. The second-order valence-corrected chi connectivity index (χ2v) is 5.45. The van der Waals surface area contributed by atoms with Crippen molar-refractivity contribution in [3.05, 3.63) is 59.4 Å². The van der Waals surface area contributed by atoms with Crippen molar-refractivity contribution in [2.45, 2.75) is 13.8 Å². The van der Waals surface area contributed by atoms with Gasteiger partial charge in [0.1, 0.15) is 17.1 Å². The monoisotopic (exact) mass is 338 g/mol. The fraction of sp³-hybridized carbons (Fsp3) is 0.158. The van der Waals surface area contributed by atoms with Crippen molar-refractivity contribution in [3.8, 4) is 11.5 Å². The number of aryl methyl sites for hydroxylation is 1. The van der Waals surface area contributed by atoms with Crippen LogP contribution in [0.15, 0.2) is 52.2 Å². The highest BCUT2D eigenvalue weighted by molar-refractivity contribution is 6.03. The smallest absolute Gasteiger partial charge is 0.275 e. The summed E-state index contributed by atoms with van der Waals surface area (Å²) in [5.74, 6) is 0.164. The summed E-state index contributed by atoms with van der Waals surface area (Å²) in [6, 6.07) is 10.5. The molecule has 0 aliphatic carbocycles. The Kier molecular flexibility index (Phi) is 4.70. The van der Waals surface area contributed by atoms with Crippen LogP contribution < -0.4 is 10.2 Å². The number of carbonyl (C=O) groups excluding carboxylic acids is 1. The van der Waals surface area contributed by atoms with Crippen molar-refractivity contribution in [1.82, 2.24) is 5.43 Å². The molecule has 128 valence electrons. The van der Waals surface area contributed by atoms with Gasteiger partial charge in [-0.25, -0.2) is 5.43 Å². The van der Waals surface area contributed by atoms with Crippen LogP contribution in [0.25, 0.3) is 11.0 Å². The minimum Gasteiger partial charge on any atom is -0.506 e. The number of benzene rings is 2. The van der Waals surface area contributed by atoms with Crippen LogP contribution in [0.5, 0.6) is 11.5 Å². The van der Waals surface area contributed by atoms with E-state index < -0.39 is 5.91 Å². The summed E-state index contributed by atoms with van der Waals surface area (Å²) in [5, 5.41) is 14.8. The topological polar surface area (TPSA) is 84.1 Å². The van der Waals surface area contributed by atoms with Crippen molar-refractivity contribution >= 4 is 23.1 Å². The van der Waals surface area contributed by atoms with Gasteiger partial charge in [0.25, 0.3) is 5.91 Å². The van der Waals surface area contributed by atoms with Gasteiger partial charge in [0.05, 0.1) is 30.0 Å². The highest BCUT2D eigenvalue weighted by Crippen LogP contribution is 2.32. The van der Waals surface area contributed by atoms with Crippen LogP contribution >= 0.6 is 0 Å². The maximum atomic E-state index is 12.2. The molecule has 6 heteroatoms. The first-order valence-corrected chi connectivity index (χ1v) is 7.86. The van der Waals surface area contributed by atoms with E-state index in [1.807, 2.05) is 31.2 Å². The fourth-order valence-electron chi connectivity index (χ4n) is 2.49. The Balaban J connectivity index is 1.72. The number of phenols is 1.